The summed E-state index contributed by atoms with van der Waals surface area (Å²) in [7, 11) is 0. The van der Waals surface area contributed by atoms with E-state index in [0.29, 0.717) is 32.0 Å². The first kappa shape index (κ1) is 16.3. The lowest BCUT2D eigenvalue weighted by molar-refractivity contribution is -0.113. The van der Waals surface area contributed by atoms with Gasteiger partial charge in [0.1, 0.15) is 5.70 Å². The molecule has 0 saturated carbocycles. The topological polar surface area (TPSA) is 32.3 Å². The minimum Gasteiger partial charge on any atom is -0.327 e. The Balaban J connectivity index is 1.98. The third-order valence-electron chi connectivity index (χ3n) is 3.23. The molecule has 0 aromatic heterocycles. The summed E-state index contributed by atoms with van der Waals surface area (Å²) in [5.74, 6) is -0.284. The second kappa shape index (κ2) is 6.49. The largest absolute Gasteiger partial charge is 0.327 e. The van der Waals surface area contributed by atoms with Gasteiger partial charge in [0.25, 0.3) is 5.91 Å². The second-order valence-electron chi connectivity index (χ2n) is 4.75. The summed E-state index contributed by atoms with van der Waals surface area (Å²) < 4.78 is 0. The monoisotopic (exact) mass is 382 g/mol. The van der Waals surface area contributed by atoms with Crippen LogP contribution < -0.4 is 10.2 Å². The summed E-state index contributed by atoms with van der Waals surface area (Å²) in [5, 5.41) is 4.49. The first-order chi connectivity index (χ1) is 11.0. The fourth-order valence-electron chi connectivity index (χ4n) is 2.17. The van der Waals surface area contributed by atoms with Gasteiger partial charge in [-0.25, -0.2) is 0 Å². The molecule has 1 fully saturated rings. The molecule has 2 aromatic rings. The Morgan fingerprint density at radius 1 is 1.09 bits per heavy atom. The molecule has 1 saturated heterocycles. The maximum Gasteiger partial charge on any atom is 0.281 e. The van der Waals surface area contributed by atoms with Crippen LogP contribution in [0.15, 0.2) is 48.2 Å². The molecule has 0 spiro atoms. The van der Waals surface area contributed by atoms with Crippen LogP contribution in [0.4, 0.5) is 5.69 Å². The number of nitrogens with zero attached hydrogens (tertiary/aromatic N) is 1. The van der Waals surface area contributed by atoms with Crippen LogP contribution in [0, 0.1) is 0 Å². The third-order valence-corrected chi connectivity index (χ3v) is 4.58. The number of amides is 1. The number of nitrogens with one attached hydrogen (secondary N) is 1. The molecule has 1 aliphatic heterocycles. The summed E-state index contributed by atoms with van der Waals surface area (Å²) in [6.07, 6.45) is 1.62. The van der Waals surface area contributed by atoms with Crippen molar-refractivity contribution < 1.29 is 4.79 Å². The van der Waals surface area contributed by atoms with Gasteiger partial charge in [0, 0.05) is 5.02 Å². The molecule has 3 nitrogen and oxygen atoms in total. The summed E-state index contributed by atoms with van der Waals surface area (Å²) in [6, 6.07) is 12.1. The van der Waals surface area contributed by atoms with Gasteiger partial charge in [-0.15, -0.1) is 0 Å². The van der Waals surface area contributed by atoms with Crippen molar-refractivity contribution in [1.82, 2.24) is 5.32 Å². The molecule has 0 aliphatic carbocycles. The first-order valence-corrected chi connectivity index (χ1v) is 8.08. The molecule has 1 N–H and O–H groups in total. The quantitative estimate of drug-likeness (QED) is 0.591. The van der Waals surface area contributed by atoms with Gasteiger partial charge in [-0.2, -0.15) is 0 Å². The molecule has 1 heterocycles. The predicted octanol–water partition coefficient (Wildman–Crippen LogP) is 4.91. The van der Waals surface area contributed by atoms with Gasteiger partial charge in [0.15, 0.2) is 5.11 Å². The average molecular weight is 384 g/mol. The van der Waals surface area contributed by atoms with Crippen LogP contribution in [0.25, 0.3) is 6.08 Å². The van der Waals surface area contributed by atoms with E-state index in [9.17, 15) is 4.79 Å². The number of carbonyl (C=O) groups is 1. The fourth-order valence-corrected chi connectivity index (χ4v) is 3.02. The molecule has 2 aromatic carbocycles. The van der Waals surface area contributed by atoms with Crippen LogP contribution in [0.1, 0.15) is 5.56 Å². The van der Waals surface area contributed by atoms with Crippen LogP contribution in [0.3, 0.4) is 0 Å². The van der Waals surface area contributed by atoms with Crippen LogP contribution in [0.2, 0.25) is 15.1 Å². The zero-order valence-corrected chi connectivity index (χ0v) is 14.6. The Morgan fingerprint density at radius 2 is 1.83 bits per heavy atom. The van der Waals surface area contributed by atoms with Crippen LogP contribution in [-0.4, -0.2) is 11.0 Å². The van der Waals surface area contributed by atoms with Crippen molar-refractivity contribution in [2.45, 2.75) is 0 Å². The highest BCUT2D eigenvalue weighted by Crippen LogP contribution is 2.29. The zero-order chi connectivity index (χ0) is 16.6. The van der Waals surface area contributed by atoms with Gasteiger partial charge in [-0.05, 0) is 48.1 Å². The van der Waals surface area contributed by atoms with Gasteiger partial charge in [0.05, 0.1) is 15.7 Å². The van der Waals surface area contributed by atoms with Crippen LogP contribution in [-0.2, 0) is 4.79 Å². The number of rotatable bonds is 2. The van der Waals surface area contributed by atoms with E-state index in [1.165, 1.54) is 4.90 Å². The van der Waals surface area contributed by atoms with E-state index in [0.717, 1.165) is 0 Å². The van der Waals surface area contributed by atoms with Gasteiger partial charge < -0.3 is 5.32 Å². The Morgan fingerprint density at radius 3 is 2.57 bits per heavy atom. The highest BCUT2D eigenvalue weighted by atomic mass is 35.5. The molecule has 0 atom stereocenters. The Labute approximate surface area is 153 Å². The standard InChI is InChI=1S/C16H9Cl3N2OS/c17-10-4-2-5-11(8-10)21-15(22)13(20-16(21)23)7-9-3-1-6-12(18)14(9)19/h1-8H,(H,20,23)/b13-7+. The number of hydrogen-bond donors (Lipinski definition) is 1. The minimum absolute atomic E-state index is 0.279. The van der Waals surface area contributed by atoms with Gasteiger partial charge in [-0.1, -0.05) is 53.0 Å². The summed E-state index contributed by atoms with van der Waals surface area (Å²) in [4.78, 5) is 14.0. The van der Waals surface area contributed by atoms with Crippen molar-refractivity contribution in [2.75, 3.05) is 4.90 Å². The van der Waals surface area contributed by atoms with E-state index in [-0.39, 0.29) is 11.0 Å². The van der Waals surface area contributed by atoms with Gasteiger partial charge in [0.2, 0.25) is 0 Å². The van der Waals surface area contributed by atoms with Gasteiger partial charge in [-0.3, -0.25) is 9.69 Å². The third kappa shape index (κ3) is 3.21. The summed E-state index contributed by atoms with van der Waals surface area (Å²) in [5.41, 5.74) is 1.55. The molecule has 23 heavy (non-hydrogen) atoms. The van der Waals surface area contributed by atoms with E-state index >= 15 is 0 Å². The number of thiocarbonyl (C=S) groups is 1. The minimum atomic E-state index is -0.284. The van der Waals surface area contributed by atoms with E-state index in [4.69, 9.17) is 47.0 Å². The van der Waals surface area contributed by atoms with Crippen molar-refractivity contribution in [3.05, 3.63) is 68.8 Å². The smallest absolute Gasteiger partial charge is 0.281 e. The first-order valence-electron chi connectivity index (χ1n) is 6.54. The highest BCUT2D eigenvalue weighted by Gasteiger charge is 2.32. The number of carbonyl (C=O) groups excluding carboxylic acids is 1. The molecule has 1 amide bonds. The SMILES string of the molecule is O=C1/C(=C\c2cccc(Cl)c2Cl)NC(=S)N1c1cccc(Cl)c1. The van der Waals surface area contributed by atoms with E-state index < -0.39 is 0 Å². The molecule has 1 aliphatic rings. The van der Waals surface area contributed by atoms with E-state index in [1.807, 2.05) is 0 Å². The van der Waals surface area contributed by atoms with Crippen molar-refractivity contribution >= 4 is 69.8 Å². The number of benzene rings is 2. The lowest BCUT2D eigenvalue weighted by Gasteiger charge is -2.13. The number of hydrogen-bond acceptors (Lipinski definition) is 2. The predicted molar refractivity (Wildman–Crippen MR) is 99.1 cm³/mol. The average Bonchev–Trinajstić information content (AvgIpc) is 2.78. The second-order valence-corrected chi connectivity index (χ2v) is 6.36. The lowest BCUT2D eigenvalue weighted by atomic mass is 10.2. The Bertz CT molecular complexity index is 851. The molecule has 3 rings (SSSR count). The Kier molecular flexibility index (Phi) is 4.60. The number of halogens is 3. The van der Waals surface area contributed by atoms with Crippen LogP contribution >= 0.6 is 47.0 Å². The fraction of sp³-hybridized carbons (Fsp3) is 0. The normalized spacial score (nSPS) is 16.1. The Hall–Kier alpha value is -1.59. The maximum atomic E-state index is 12.6. The molecular formula is C16H9Cl3N2OS. The maximum absolute atomic E-state index is 12.6. The zero-order valence-electron chi connectivity index (χ0n) is 11.5. The highest BCUT2D eigenvalue weighted by molar-refractivity contribution is 7.80. The summed E-state index contributed by atoms with van der Waals surface area (Å²) >= 11 is 23.4. The van der Waals surface area contributed by atoms with Crippen molar-refractivity contribution in [1.29, 1.82) is 0 Å². The van der Waals surface area contributed by atoms with Crippen molar-refractivity contribution in [3.8, 4) is 0 Å². The van der Waals surface area contributed by atoms with Crippen LogP contribution in [0.5, 0.6) is 0 Å². The number of anilines is 1. The molecule has 0 radical (unpaired) electrons. The van der Waals surface area contributed by atoms with Gasteiger partial charge >= 0.3 is 0 Å². The van der Waals surface area contributed by atoms with E-state index in [1.54, 1.807) is 48.5 Å². The molecule has 7 heteroatoms. The van der Waals surface area contributed by atoms with Crippen molar-refractivity contribution in [2.24, 2.45) is 0 Å². The molecule has 116 valence electrons. The lowest BCUT2D eigenvalue weighted by Crippen LogP contribution is -2.30. The molecular weight excluding hydrogens is 375 g/mol. The molecule has 0 unspecified atom stereocenters. The van der Waals surface area contributed by atoms with Crippen molar-refractivity contribution in [3.63, 3.8) is 0 Å². The van der Waals surface area contributed by atoms with E-state index in [2.05, 4.69) is 5.32 Å². The molecule has 0 bridgehead atoms. The summed E-state index contributed by atoms with van der Waals surface area (Å²) in [6.45, 7) is 0.